The molecule has 1 rings (SSSR count). The summed E-state index contributed by atoms with van der Waals surface area (Å²) in [4.78, 5) is 16.0. The molecular weight excluding hydrogens is 289 g/mol. The molecule has 0 saturated carbocycles. The molecule has 2 N–H and O–H groups in total. The number of carbonyl (C=O) groups excluding carboxylic acids is 1. The molecule has 0 bridgehead atoms. The number of nitrogens with two attached hydrogens (primary N) is 1. The number of hydrogen-bond donors (Lipinski definition) is 1. The van der Waals surface area contributed by atoms with Crippen molar-refractivity contribution in [2.24, 2.45) is 11.8 Å². The van der Waals surface area contributed by atoms with E-state index in [0.29, 0.717) is 17.9 Å². The lowest BCUT2D eigenvalue weighted by Crippen LogP contribution is -2.17. The van der Waals surface area contributed by atoms with Gasteiger partial charge >= 0.3 is 0 Å². The lowest BCUT2D eigenvalue weighted by molar-refractivity contribution is 0.0984. The highest BCUT2D eigenvalue weighted by Crippen LogP contribution is 2.22. The van der Waals surface area contributed by atoms with Crippen molar-refractivity contribution >= 4 is 21.7 Å². The highest BCUT2D eigenvalue weighted by Gasteiger charge is 2.19. The standard InChI is InChI=1S/C12H15BrFNO2/c1-7(2)5-9(13)12(16)8-3-4-11(17-15)10(14)6-8/h3-4,6-7,9H,5,15H2,1-2H3. The molecule has 0 saturated heterocycles. The molecule has 0 aliphatic heterocycles. The highest BCUT2D eigenvalue weighted by molar-refractivity contribution is 9.10. The Balaban J connectivity index is 2.86. The molecule has 94 valence electrons. The molecular formula is C12H15BrFNO2. The molecule has 17 heavy (non-hydrogen) atoms. The van der Waals surface area contributed by atoms with Gasteiger partial charge in [-0.2, -0.15) is 5.90 Å². The van der Waals surface area contributed by atoms with Crippen molar-refractivity contribution in [1.82, 2.24) is 0 Å². The Morgan fingerprint density at radius 3 is 2.65 bits per heavy atom. The largest absolute Gasteiger partial charge is 0.408 e. The second kappa shape index (κ2) is 6.12. The van der Waals surface area contributed by atoms with E-state index < -0.39 is 5.82 Å². The van der Waals surface area contributed by atoms with Gasteiger partial charge in [0.15, 0.2) is 17.3 Å². The van der Waals surface area contributed by atoms with Crippen molar-refractivity contribution in [3.8, 4) is 5.75 Å². The van der Waals surface area contributed by atoms with E-state index in [-0.39, 0.29) is 16.4 Å². The van der Waals surface area contributed by atoms with Gasteiger partial charge in [-0.25, -0.2) is 4.39 Å². The molecule has 0 heterocycles. The van der Waals surface area contributed by atoms with E-state index in [9.17, 15) is 9.18 Å². The zero-order chi connectivity index (χ0) is 13.0. The smallest absolute Gasteiger partial charge is 0.182 e. The Hall–Kier alpha value is -0.940. The van der Waals surface area contributed by atoms with E-state index in [1.165, 1.54) is 12.1 Å². The van der Waals surface area contributed by atoms with Crippen LogP contribution in [0.4, 0.5) is 4.39 Å². The summed E-state index contributed by atoms with van der Waals surface area (Å²) in [5, 5.41) is 0. The first-order chi connectivity index (χ1) is 7.95. The van der Waals surface area contributed by atoms with E-state index in [1.54, 1.807) is 0 Å². The third kappa shape index (κ3) is 3.78. The van der Waals surface area contributed by atoms with Crippen molar-refractivity contribution in [3.05, 3.63) is 29.6 Å². The van der Waals surface area contributed by atoms with Crippen molar-refractivity contribution < 1.29 is 14.0 Å². The number of carbonyl (C=O) groups is 1. The number of ketones is 1. The minimum absolute atomic E-state index is 0.0727. The van der Waals surface area contributed by atoms with Crippen molar-refractivity contribution in [2.45, 2.75) is 25.1 Å². The van der Waals surface area contributed by atoms with Gasteiger partial charge in [0.1, 0.15) is 0 Å². The zero-order valence-corrected chi connectivity index (χ0v) is 11.3. The van der Waals surface area contributed by atoms with E-state index >= 15 is 0 Å². The number of halogens is 2. The van der Waals surface area contributed by atoms with Crippen LogP contribution in [0.5, 0.6) is 5.75 Å². The summed E-state index contributed by atoms with van der Waals surface area (Å²) >= 11 is 3.31. The molecule has 0 radical (unpaired) electrons. The highest BCUT2D eigenvalue weighted by atomic mass is 79.9. The molecule has 0 spiro atoms. The zero-order valence-electron chi connectivity index (χ0n) is 9.74. The van der Waals surface area contributed by atoms with Gasteiger partial charge in [0.05, 0.1) is 4.83 Å². The maximum Gasteiger partial charge on any atom is 0.182 e. The van der Waals surface area contributed by atoms with Crippen LogP contribution in [0.1, 0.15) is 30.6 Å². The summed E-state index contributed by atoms with van der Waals surface area (Å²) in [5.41, 5.74) is 0.311. The second-order valence-corrected chi connectivity index (χ2v) is 5.33. The minimum Gasteiger partial charge on any atom is -0.408 e. The summed E-state index contributed by atoms with van der Waals surface area (Å²) < 4.78 is 13.4. The monoisotopic (exact) mass is 303 g/mol. The Kier molecular flexibility index (Phi) is 5.08. The van der Waals surface area contributed by atoms with Gasteiger partial charge in [-0.05, 0) is 30.5 Å². The van der Waals surface area contributed by atoms with Gasteiger partial charge in [-0.1, -0.05) is 29.8 Å². The Morgan fingerprint density at radius 1 is 1.53 bits per heavy atom. The molecule has 1 atom stereocenters. The molecule has 1 unspecified atom stereocenters. The van der Waals surface area contributed by atoms with Crippen molar-refractivity contribution in [1.29, 1.82) is 0 Å². The quantitative estimate of drug-likeness (QED) is 0.517. The SMILES string of the molecule is CC(C)CC(Br)C(=O)c1ccc(ON)c(F)c1. The number of alkyl halides is 1. The lowest BCUT2D eigenvalue weighted by atomic mass is 10.0. The van der Waals surface area contributed by atoms with Gasteiger partial charge in [-0.3, -0.25) is 4.79 Å². The van der Waals surface area contributed by atoms with E-state index in [4.69, 9.17) is 5.90 Å². The molecule has 3 nitrogen and oxygen atoms in total. The first kappa shape index (κ1) is 14.1. The third-order valence-electron chi connectivity index (χ3n) is 2.31. The van der Waals surface area contributed by atoms with E-state index in [2.05, 4.69) is 20.8 Å². The summed E-state index contributed by atoms with van der Waals surface area (Å²) in [6.45, 7) is 4.04. The first-order valence-corrected chi connectivity index (χ1v) is 6.21. The summed E-state index contributed by atoms with van der Waals surface area (Å²) in [6, 6.07) is 3.99. The van der Waals surface area contributed by atoms with Crippen LogP contribution >= 0.6 is 15.9 Å². The molecule has 1 aromatic carbocycles. The van der Waals surface area contributed by atoms with Crippen LogP contribution in [0, 0.1) is 11.7 Å². The van der Waals surface area contributed by atoms with Crippen LogP contribution in [-0.4, -0.2) is 10.6 Å². The fraction of sp³-hybridized carbons (Fsp3) is 0.417. The summed E-state index contributed by atoms with van der Waals surface area (Å²) in [5.74, 6) is 4.41. The van der Waals surface area contributed by atoms with Gasteiger partial charge in [-0.15, -0.1) is 0 Å². The number of hydrogen-bond acceptors (Lipinski definition) is 3. The Labute approximate surface area is 108 Å². The van der Waals surface area contributed by atoms with Gasteiger partial charge in [0.2, 0.25) is 0 Å². The van der Waals surface area contributed by atoms with Crippen LogP contribution in [0.2, 0.25) is 0 Å². The van der Waals surface area contributed by atoms with E-state index in [1.807, 2.05) is 13.8 Å². The van der Waals surface area contributed by atoms with Gasteiger partial charge in [0.25, 0.3) is 0 Å². The average Bonchev–Trinajstić information content (AvgIpc) is 2.27. The normalized spacial score (nSPS) is 12.6. The van der Waals surface area contributed by atoms with Crippen molar-refractivity contribution in [2.75, 3.05) is 0 Å². The van der Waals surface area contributed by atoms with Crippen LogP contribution in [0.25, 0.3) is 0 Å². The average molecular weight is 304 g/mol. The number of benzene rings is 1. The first-order valence-electron chi connectivity index (χ1n) is 5.30. The molecule has 0 aromatic heterocycles. The molecule has 0 fully saturated rings. The molecule has 0 amide bonds. The third-order valence-corrected chi connectivity index (χ3v) is 3.10. The van der Waals surface area contributed by atoms with Crippen LogP contribution in [0.3, 0.4) is 0 Å². The molecule has 1 aromatic rings. The minimum atomic E-state index is -0.636. The number of rotatable bonds is 5. The fourth-order valence-electron chi connectivity index (χ4n) is 1.45. The van der Waals surface area contributed by atoms with Crippen LogP contribution in [0.15, 0.2) is 18.2 Å². The molecule has 0 aliphatic rings. The van der Waals surface area contributed by atoms with Crippen LogP contribution < -0.4 is 10.7 Å². The van der Waals surface area contributed by atoms with Crippen LogP contribution in [-0.2, 0) is 0 Å². The maximum absolute atomic E-state index is 13.4. The summed E-state index contributed by atoms with van der Waals surface area (Å²) in [6.07, 6.45) is 0.704. The van der Waals surface area contributed by atoms with Gasteiger partial charge < -0.3 is 4.84 Å². The topological polar surface area (TPSA) is 52.3 Å². The Bertz CT molecular complexity index is 409. The predicted octanol–water partition coefficient (Wildman–Crippen LogP) is 3.07. The lowest BCUT2D eigenvalue weighted by Gasteiger charge is -2.11. The second-order valence-electron chi connectivity index (χ2n) is 4.22. The predicted molar refractivity (Wildman–Crippen MR) is 67.7 cm³/mol. The molecule has 5 heteroatoms. The van der Waals surface area contributed by atoms with E-state index in [0.717, 1.165) is 6.07 Å². The molecule has 0 aliphatic carbocycles. The van der Waals surface area contributed by atoms with Gasteiger partial charge in [0, 0.05) is 5.56 Å². The maximum atomic E-state index is 13.4. The summed E-state index contributed by atoms with van der Waals surface area (Å²) in [7, 11) is 0. The number of Topliss-reactive ketones (excluding diaryl/α,β-unsaturated/α-hetero) is 1. The fourth-order valence-corrected chi connectivity index (χ4v) is 2.46. The van der Waals surface area contributed by atoms with Crippen molar-refractivity contribution in [3.63, 3.8) is 0 Å². The Morgan fingerprint density at radius 2 is 2.18 bits per heavy atom.